The van der Waals surface area contributed by atoms with Crippen LogP contribution in [0.15, 0.2) is 12.1 Å². The van der Waals surface area contributed by atoms with E-state index < -0.39 is 0 Å². The Hall–Kier alpha value is -1.42. The zero-order valence-electron chi connectivity index (χ0n) is 12.4. The number of nitrogens with zero attached hydrogens (tertiary/aromatic N) is 1. The molecule has 0 bridgehead atoms. The maximum atomic E-state index is 10.2. The average molecular weight is 289 g/mol. The van der Waals surface area contributed by atoms with Crippen LogP contribution >= 0.6 is 0 Å². The van der Waals surface area contributed by atoms with Crippen molar-refractivity contribution in [3.63, 3.8) is 0 Å². The van der Waals surface area contributed by atoms with E-state index in [1.165, 1.54) is 38.5 Å². The highest BCUT2D eigenvalue weighted by molar-refractivity contribution is 5.51. The lowest BCUT2D eigenvalue weighted by Crippen LogP contribution is -2.46. The van der Waals surface area contributed by atoms with Gasteiger partial charge in [0.25, 0.3) is 0 Å². The Labute approximate surface area is 125 Å². The van der Waals surface area contributed by atoms with Gasteiger partial charge in [0.15, 0.2) is 11.5 Å². The molecule has 4 heteroatoms. The Morgan fingerprint density at radius 1 is 1.05 bits per heavy atom. The van der Waals surface area contributed by atoms with Gasteiger partial charge in [0, 0.05) is 24.2 Å². The molecule has 4 nitrogen and oxygen atoms in total. The molecule has 114 valence electrons. The van der Waals surface area contributed by atoms with E-state index in [9.17, 15) is 5.11 Å². The molecule has 0 aromatic heterocycles. The summed E-state index contributed by atoms with van der Waals surface area (Å²) >= 11 is 0. The zero-order chi connectivity index (χ0) is 14.2. The number of aromatic hydroxyl groups is 1. The van der Waals surface area contributed by atoms with Crippen molar-refractivity contribution in [2.24, 2.45) is 5.92 Å². The Balaban J connectivity index is 1.55. The summed E-state index contributed by atoms with van der Waals surface area (Å²) in [5, 5.41) is 10.2. The lowest BCUT2D eigenvalue weighted by atomic mass is 9.78. The number of ether oxygens (including phenoxy) is 2. The second-order valence-corrected chi connectivity index (χ2v) is 6.56. The molecule has 0 radical (unpaired) electrons. The van der Waals surface area contributed by atoms with Gasteiger partial charge >= 0.3 is 0 Å². The number of rotatable bonds is 2. The highest BCUT2D eigenvalue weighted by Crippen LogP contribution is 2.40. The van der Waals surface area contributed by atoms with Crippen LogP contribution in [0.3, 0.4) is 0 Å². The second kappa shape index (κ2) is 5.41. The van der Waals surface area contributed by atoms with Crippen LogP contribution in [0.5, 0.6) is 17.2 Å². The van der Waals surface area contributed by atoms with Gasteiger partial charge in [-0.15, -0.1) is 0 Å². The first kappa shape index (κ1) is 13.3. The molecule has 2 fully saturated rings. The molecule has 1 saturated carbocycles. The van der Waals surface area contributed by atoms with Crippen LogP contribution in [0.25, 0.3) is 0 Å². The van der Waals surface area contributed by atoms with Crippen LogP contribution in [0, 0.1) is 5.92 Å². The van der Waals surface area contributed by atoms with Crippen LogP contribution in [-0.4, -0.2) is 29.4 Å². The summed E-state index contributed by atoms with van der Waals surface area (Å²) in [5.74, 6) is 2.62. The molecule has 21 heavy (non-hydrogen) atoms. The molecule has 0 amide bonds. The molecule has 1 aromatic carbocycles. The van der Waals surface area contributed by atoms with Crippen LogP contribution in [0.1, 0.15) is 44.1 Å². The molecular formula is C17H23NO3. The molecular weight excluding hydrogens is 266 g/mol. The van der Waals surface area contributed by atoms with Gasteiger partial charge in [-0.2, -0.15) is 0 Å². The summed E-state index contributed by atoms with van der Waals surface area (Å²) < 4.78 is 10.8. The number of fused-ring (bicyclic) bond motifs is 2. The van der Waals surface area contributed by atoms with Gasteiger partial charge in [0.2, 0.25) is 6.79 Å². The van der Waals surface area contributed by atoms with Gasteiger partial charge in [-0.25, -0.2) is 0 Å². The van der Waals surface area contributed by atoms with Crippen molar-refractivity contribution < 1.29 is 14.6 Å². The molecule has 4 rings (SSSR count). The fraction of sp³-hybridized carbons (Fsp3) is 0.647. The number of phenolic OH excluding ortho intramolecular Hbond substituents is 1. The van der Waals surface area contributed by atoms with Crippen LogP contribution < -0.4 is 9.47 Å². The molecule has 1 N–H and O–H groups in total. The lowest BCUT2D eigenvalue weighted by molar-refractivity contribution is 0.0541. The number of phenols is 1. The van der Waals surface area contributed by atoms with Crippen molar-refractivity contribution in [2.75, 3.05) is 13.3 Å². The third-order valence-electron chi connectivity index (χ3n) is 5.31. The molecule has 0 unspecified atom stereocenters. The van der Waals surface area contributed by atoms with E-state index in [1.807, 2.05) is 6.07 Å². The molecule has 1 aliphatic carbocycles. The Kier molecular flexibility index (Phi) is 3.42. The predicted octanol–water partition coefficient (Wildman–Crippen LogP) is 3.28. The molecule has 2 atom stereocenters. The van der Waals surface area contributed by atoms with E-state index in [0.717, 1.165) is 30.3 Å². The fourth-order valence-electron chi connectivity index (χ4n) is 4.24. The minimum Gasteiger partial charge on any atom is -0.507 e. The number of likely N-dealkylation sites (tertiary alicyclic amines) is 1. The van der Waals surface area contributed by atoms with Crippen molar-refractivity contribution in [3.8, 4) is 17.2 Å². The molecule has 3 aliphatic rings. The van der Waals surface area contributed by atoms with Crippen LogP contribution in [-0.2, 0) is 6.54 Å². The highest BCUT2D eigenvalue weighted by Gasteiger charge is 2.33. The summed E-state index contributed by atoms with van der Waals surface area (Å²) in [6, 6.07) is 4.35. The number of hydrogen-bond donors (Lipinski definition) is 1. The second-order valence-electron chi connectivity index (χ2n) is 6.56. The van der Waals surface area contributed by atoms with Crippen molar-refractivity contribution in [1.82, 2.24) is 4.90 Å². The molecule has 1 saturated heterocycles. The van der Waals surface area contributed by atoms with Crippen LogP contribution in [0.4, 0.5) is 0 Å². The van der Waals surface area contributed by atoms with Gasteiger partial charge in [-0.1, -0.05) is 12.8 Å². The first-order valence-corrected chi connectivity index (χ1v) is 8.17. The highest BCUT2D eigenvalue weighted by atomic mass is 16.7. The predicted molar refractivity (Wildman–Crippen MR) is 79.6 cm³/mol. The van der Waals surface area contributed by atoms with Crippen molar-refractivity contribution in [2.45, 2.75) is 51.1 Å². The summed E-state index contributed by atoms with van der Waals surface area (Å²) in [4.78, 5) is 2.57. The van der Waals surface area contributed by atoms with Crippen molar-refractivity contribution in [1.29, 1.82) is 0 Å². The lowest BCUT2D eigenvalue weighted by Gasteiger charge is -2.44. The smallest absolute Gasteiger partial charge is 0.231 e. The maximum Gasteiger partial charge on any atom is 0.231 e. The number of piperidine rings is 1. The van der Waals surface area contributed by atoms with Crippen LogP contribution in [0.2, 0.25) is 0 Å². The SMILES string of the molecule is Oc1cc2c(cc1CN1CCC[C@@H]3CCCC[C@@H]31)OCO2. The van der Waals surface area contributed by atoms with Gasteiger partial charge in [-0.05, 0) is 44.2 Å². The van der Waals surface area contributed by atoms with E-state index in [2.05, 4.69) is 4.90 Å². The zero-order valence-corrected chi connectivity index (χ0v) is 12.4. The van der Waals surface area contributed by atoms with E-state index in [0.29, 0.717) is 17.5 Å². The summed E-state index contributed by atoms with van der Waals surface area (Å²) in [5.41, 5.74) is 0.963. The third-order valence-corrected chi connectivity index (χ3v) is 5.31. The monoisotopic (exact) mass is 289 g/mol. The van der Waals surface area contributed by atoms with E-state index in [1.54, 1.807) is 6.07 Å². The van der Waals surface area contributed by atoms with Gasteiger partial charge < -0.3 is 14.6 Å². The Morgan fingerprint density at radius 2 is 1.81 bits per heavy atom. The normalized spacial score (nSPS) is 28.4. The van der Waals surface area contributed by atoms with Gasteiger partial charge in [0.05, 0.1) is 0 Å². The first-order chi connectivity index (χ1) is 10.3. The quantitative estimate of drug-likeness (QED) is 0.907. The van der Waals surface area contributed by atoms with E-state index in [-0.39, 0.29) is 6.79 Å². The third kappa shape index (κ3) is 2.46. The summed E-state index contributed by atoms with van der Waals surface area (Å²) in [6.07, 6.45) is 8.11. The summed E-state index contributed by atoms with van der Waals surface area (Å²) in [7, 11) is 0. The van der Waals surface area contributed by atoms with Gasteiger partial charge in [-0.3, -0.25) is 4.90 Å². The Morgan fingerprint density at radius 3 is 2.71 bits per heavy atom. The first-order valence-electron chi connectivity index (χ1n) is 8.17. The molecule has 2 heterocycles. The van der Waals surface area contributed by atoms with Gasteiger partial charge in [0.1, 0.15) is 5.75 Å². The number of hydrogen-bond acceptors (Lipinski definition) is 4. The topological polar surface area (TPSA) is 41.9 Å². The van der Waals surface area contributed by atoms with Crippen molar-refractivity contribution >= 4 is 0 Å². The fourth-order valence-corrected chi connectivity index (χ4v) is 4.24. The molecule has 0 spiro atoms. The molecule has 1 aromatic rings. The Bertz CT molecular complexity index is 529. The molecule has 2 aliphatic heterocycles. The average Bonchev–Trinajstić information content (AvgIpc) is 2.95. The van der Waals surface area contributed by atoms with E-state index >= 15 is 0 Å². The summed E-state index contributed by atoms with van der Waals surface area (Å²) in [6.45, 7) is 2.23. The van der Waals surface area contributed by atoms with Crippen molar-refractivity contribution in [3.05, 3.63) is 17.7 Å². The minimum atomic E-state index is 0.257. The standard InChI is InChI=1S/C17H23NO3/c19-15-9-17-16(20-11-21-17)8-13(15)10-18-7-3-5-12-4-1-2-6-14(12)18/h8-9,12,14,19H,1-7,10-11H2/t12-,14-/m0/s1. The maximum absolute atomic E-state index is 10.2. The largest absolute Gasteiger partial charge is 0.507 e. The minimum absolute atomic E-state index is 0.257. The van der Waals surface area contributed by atoms with E-state index in [4.69, 9.17) is 9.47 Å². The number of benzene rings is 1.